The summed E-state index contributed by atoms with van der Waals surface area (Å²) in [6.45, 7) is 2.26. The van der Waals surface area contributed by atoms with Crippen molar-refractivity contribution in [2.24, 2.45) is 0 Å². The first kappa shape index (κ1) is 19.9. The summed E-state index contributed by atoms with van der Waals surface area (Å²) >= 11 is 0. The molecule has 2 nitrogen and oxygen atoms in total. The lowest BCUT2D eigenvalue weighted by Gasteiger charge is -1.98. The van der Waals surface area contributed by atoms with Gasteiger partial charge in [-0.15, -0.1) is 0 Å². The van der Waals surface area contributed by atoms with Crippen LogP contribution < -0.4 is 0 Å². The Morgan fingerprint density at radius 1 is 0.810 bits per heavy atom. The second-order valence-electron chi connectivity index (χ2n) is 5.56. The van der Waals surface area contributed by atoms with E-state index in [9.17, 15) is 4.79 Å². The minimum atomic E-state index is -0.0922. The summed E-state index contributed by atoms with van der Waals surface area (Å²) in [6.07, 6.45) is 23.0. The third-order valence-corrected chi connectivity index (χ3v) is 3.56. The van der Waals surface area contributed by atoms with Gasteiger partial charge in [0.05, 0.1) is 7.11 Å². The molecule has 0 aromatic carbocycles. The van der Waals surface area contributed by atoms with Crippen molar-refractivity contribution in [3.63, 3.8) is 0 Å². The van der Waals surface area contributed by atoms with Gasteiger partial charge < -0.3 is 4.74 Å². The molecule has 0 amide bonds. The summed E-state index contributed by atoms with van der Waals surface area (Å²) in [5, 5.41) is 0. The van der Waals surface area contributed by atoms with Crippen molar-refractivity contribution < 1.29 is 9.53 Å². The first-order valence-corrected chi connectivity index (χ1v) is 8.68. The van der Waals surface area contributed by atoms with Crippen LogP contribution in [0.5, 0.6) is 0 Å². The predicted molar refractivity (Wildman–Crippen MR) is 91.4 cm³/mol. The monoisotopic (exact) mass is 294 g/mol. The van der Waals surface area contributed by atoms with Crippen molar-refractivity contribution in [2.45, 2.75) is 84.0 Å². The van der Waals surface area contributed by atoms with Gasteiger partial charge >= 0.3 is 5.97 Å². The fourth-order valence-electron chi connectivity index (χ4n) is 2.18. The highest BCUT2D eigenvalue weighted by molar-refractivity contribution is 5.68. The molecule has 2 heteroatoms. The highest BCUT2D eigenvalue weighted by atomic mass is 16.5. The van der Waals surface area contributed by atoms with Crippen molar-refractivity contribution in [3.8, 4) is 0 Å². The Labute approximate surface area is 131 Å². The molecule has 0 spiro atoms. The number of hydrogen-bond donors (Lipinski definition) is 0. The van der Waals surface area contributed by atoms with Crippen LogP contribution in [0.15, 0.2) is 24.3 Å². The van der Waals surface area contributed by atoms with Crippen molar-refractivity contribution in [1.82, 2.24) is 0 Å². The second kappa shape index (κ2) is 17.0. The van der Waals surface area contributed by atoms with Crippen LogP contribution in [-0.2, 0) is 9.53 Å². The lowest BCUT2D eigenvalue weighted by Crippen LogP contribution is -1.98. The van der Waals surface area contributed by atoms with E-state index in [0.29, 0.717) is 6.42 Å². The van der Waals surface area contributed by atoms with Crippen LogP contribution in [0.3, 0.4) is 0 Å². The largest absolute Gasteiger partial charge is 0.469 e. The normalized spacial score (nSPS) is 11.5. The number of carbonyl (C=O) groups excluding carboxylic acids is 1. The van der Waals surface area contributed by atoms with Crippen LogP contribution >= 0.6 is 0 Å². The molecular formula is C19H34O2. The van der Waals surface area contributed by atoms with Crippen LogP contribution in [0.25, 0.3) is 0 Å². The van der Waals surface area contributed by atoms with Gasteiger partial charge in [0.15, 0.2) is 0 Å². The van der Waals surface area contributed by atoms with Gasteiger partial charge in [-0.2, -0.15) is 0 Å². The number of carbonyl (C=O) groups is 1. The van der Waals surface area contributed by atoms with Gasteiger partial charge in [0.1, 0.15) is 0 Å². The van der Waals surface area contributed by atoms with E-state index in [1.807, 2.05) is 0 Å². The van der Waals surface area contributed by atoms with E-state index in [0.717, 1.165) is 32.1 Å². The Morgan fingerprint density at radius 2 is 1.38 bits per heavy atom. The minimum Gasteiger partial charge on any atom is -0.469 e. The summed E-state index contributed by atoms with van der Waals surface area (Å²) < 4.78 is 4.61. The van der Waals surface area contributed by atoms with Gasteiger partial charge in [-0.3, -0.25) is 4.79 Å². The van der Waals surface area contributed by atoms with E-state index in [2.05, 4.69) is 36.0 Å². The molecule has 0 aromatic heterocycles. The highest BCUT2D eigenvalue weighted by Gasteiger charge is 1.97. The SMILES string of the molecule is CCCCCCC/C=C/C/C=C/CCCCCC(=O)OC. The molecule has 0 radical (unpaired) electrons. The maximum absolute atomic E-state index is 10.9. The molecule has 0 atom stereocenters. The quantitative estimate of drug-likeness (QED) is 0.224. The topological polar surface area (TPSA) is 26.3 Å². The van der Waals surface area contributed by atoms with E-state index in [1.54, 1.807) is 0 Å². The van der Waals surface area contributed by atoms with Gasteiger partial charge in [-0.25, -0.2) is 0 Å². The lowest BCUT2D eigenvalue weighted by molar-refractivity contribution is -0.140. The number of rotatable bonds is 14. The highest BCUT2D eigenvalue weighted by Crippen LogP contribution is 2.06. The summed E-state index contributed by atoms with van der Waals surface area (Å²) in [5.74, 6) is -0.0922. The number of ether oxygens (including phenoxy) is 1. The molecular weight excluding hydrogens is 260 g/mol. The molecule has 0 unspecified atom stereocenters. The Morgan fingerprint density at radius 3 is 1.95 bits per heavy atom. The summed E-state index contributed by atoms with van der Waals surface area (Å²) in [4.78, 5) is 10.9. The lowest BCUT2D eigenvalue weighted by atomic mass is 10.1. The predicted octanol–water partition coefficient (Wildman–Crippen LogP) is 5.97. The third-order valence-electron chi connectivity index (χ3n) is 3.56. The fourth-order valence-corrected chi connectivity index (χ4v) is 2.18. The van der Waals surface area contributed by atoms with Crippen LogP contribution in [0.2, 0.25) is 0 Å². The third kappa shape index (κ3) is 16.9. The average molecular weight is 294 g/mol. The zero-order chi connectivity index (χ0) is 15.6. The Bertz CT molecular complexity index is 279. The van der Waals surface area contributed by atoms with Crippen LogP contribution in [0, 0.1) is 0 Å². The number of hydrogen-bond acceptors (Lipinski definition) is 2. The fraction of sp³-hybridized carbons (Fsp3) is 0.737. The molecule has 0 aliphatic carbocycles. The number of methoxy groups -OCH3 is 1. The molecule has 0 saturated heterocycles. The maximum Gasteiger partial charge on any atom is 0.305 e. The number of esters is 1. The maximum atomic E-state index is 10.9. The standard InChI is InChI=1S/C19H34O2/c1-3-4-5-6-7-8-9-10-11-12-13-14-15-16-17-18-19(20)21-2/h9-10,12-13H,3-8,11,14-18H2,1-2H3/b10-9+,13-12+. The van der Waals surface area contributed by atoms with Gasteiger partial charge in [-0.05, 0) is 38.5 Å². The van der Waals surface area contributed by atoms with E-state index >= 15 is 0 Å². The summed E-state index contributed by atoms with van der Waals surface area (Å²) in [6, 6.07) is 0. The van der Waals surface area contributed by atoms with Gasteiger partial charge in [0.25, 0.3) is 0 Å². The Balaban J connectivity index is 3.23. The Hall–Kier alpha value is -1.05. The number of unbranched alkanes of at least 4 members (excludes halogenated alkanes) is 8. The molecule has 0 saturated carbocycles. The van der Waals surface area contributed by atoms with E-state index in [4.69, 9.17) is 0 Å². The minimum absolute atomic E-state index is 0.0922. The van der Waals surface area contributed by atoms with E-state index < -0.39 is 0 Å². The van der Waals surface area contributed by atoms with Gasteiger partial charge in [0.2, 0.25) is 0 Å². The molecule has 0 rings (SSSR count). The number of allylic oxidation sites excluding steroid dienone is 4. The van der Waals surface area contributed by atoms with Crippen molar-refractivity contribution in [2.75, 3.05) is 7.11 Å². The molecule has 0 bridgehead atoms. The van der Waals surface area contributed by atoms with Crippen LogP contribution in [0.1, 0.15) is 84.0 Å². The Kier molecular flexibility index (Phi) is 16.2. The van der Waals surface area contributed by atoms with Crippen molar-refractivity contribution in [3.05, 3.63) is 24.3 Å². The molecule has 0 aromatic rings. The molecule has 0 N–H and O–H groups in total. The molecule has 0 aliphatic rings. The van der Waals surface area contributed by atoms with Crippen LogP contribution in [-0.4, -0.2) is 13.1 Å². The second-order valence-corrected chi connectivity index (χ2v) is 5.56. The van der Waals surface area contributed by atoms with E-state index in [-0.39, 0.29) is 5.97 Å². The molecule has 0 heterocycles. The molecule has 0 fully saturated rings. The van der Waals surface area contributed by atoms with Gasteiger partial charge in [0, 0.05) is 6.42 Å². The average Bonchev–Trinajstić information content (AvgIpc) is 2.50. The van der Waals surface area contributed by atoms with Crippen molar-refractivity contribution >= 4 is 5.97 Å². The first-order chi connectivity index (χ1) is 10.3. The van der Waals surface area contributed by atoms with Crippen LogP contribution in [0.4, 0.5) is 0 Å². The van der Waals surface area contributed by atoms with E-state index in [1.165, 1.54) is 45.6 Å². The molecule has 0 aliphatic heterocycles. The van der Waals surface area contributed by atoms with Gasteiger partial charge in [-0.1, -0.05) is 63.3 Å². The first-order valence-electron chi connectivity index (χ1n) is 8.68. The van der Waals surface area contributed by atoms with Crippen molar-refractivity contribution in [1.29, 1.82) is 0 Å². The zero-order valence-corrected chi connectivity index (χ0v) is 14.1. The molecule has 21 heavy (non-hydrogen) atoms. The zero-order valence-electron chi connectivity index (χ0n) is 14.1. The summed E-state index contributed by atoms with van der Waals surface area (Å²) in [5.41, 5.74) is 0. The molecule has 122 valence electrons. The smallest absolute Gasteiger partial charge is 0.305 e. The summed E-state index contributed by atoms with van der Waals surface area (Å²) in [7, 11) is 1.45.